The Morgan fingerprint density at radius 2 is 1.79 bits per heavy atom. The number of aromatic amines is 1. The quantitative estimate of drug-likeness (QED) is 0.359. The first kappa shape index (κ1) is 22.3. The monoisotopic (exact) mass is 474 g/mol. The lowest BCUT2D eigenvalue weighted by Crippen LogP contribution is -2.32. The highest BCUT2D eigenvalue weighted by Crippen LogP contribution is 2.24. The van der Waals surface area contributed by atoms with Gasteiger partial charge in [-0.05, 0) is 61.6 Å². The molecule has 0 saturated heterocycles. The van der Waals surface area contributed by atoms with E-state index in [4.69, 9.17) is 4.98 Å². The third kappa shape index (κ3) is 4.88. The second-order valence-electron chi connectivity index (χ2n) is 8.73. The Labute approximate surface area is 198 Å². The van der Waals surface area contributed by atoms with E-state index in [1.165, 1.54) is 12.1 Å². The molecule has 3 N–H and O–H groups in total. The molecule has 1 fully saturated rings. The van der Waals surface area contributed by atoms with Crippen molar-refractivity contribution in [3.05, 3.63) is 95.3 Å². The van der Waals surface area contributed by atoms with Crippen molar-refractivity contribution < 1.29 is 13.2 Å². The molecule has 0 aliphatic heterocycles. The second-order valence-corrected chi connectivity index (χ2v) is 10.4. The number of nitrogens with one attached hydrogen (secondary N) is 3. The highest BCUT2D eigenvalue weighted by Gasteiger charge is 2.29. The van der Waals surface area contributed by atoms with Crippen molar-refractivity contribution in [2.45, 2.75) is 43.2 Å². The maximum atomic E-state index is 13.4. The van der Waals surface area contributed by atoms with Crippen LogP contribution >= 0.6 is 0 Å². The third-order valence-corrected chi connectivity index (χ3v) is 7.51. The first-order valence-corrected chi connectivity index (χ1v) is 12.8. The van der Waals surface area contributed by atoms with E-state index in [9.17, 15) is 13.2 Å². The van der Waals surface area contributed by atoms with Gasteiger partial charge in [0.25, 0.3) is 5.91 Å². The van der Waals surface area contributed by atoms with Crippen LogP contribution in [-0.4, -0.2) is 30.3 Å². The number of H-pyrrole nitrogens is 1. The van der Waals surface area contributed by atoms with Crippen LogP contribution in [-0.2, 0) is 16.4 Å². The van der Waals surface area contributed by atoms with Crippen LogP contribution in [0.2, 0.25) is 0 Å². The van der Waals surface area contributed by atoms with Crippen LogP contribution in [0.1, 0.15) is 46.2 Å². The SMILES string of the molecule is Cc1ccc(S(=O)(=O)NC2CC2)cc1C(=O)NC(Cc1ccccc1)c1nc2ccccc2[nH]1. The zero-order valence-electron chi connectivity index (χ0n) is 18.8. The number of aromatic nitrogens is 2. The summed E-state index contributed by atoms with van der Waals surface area (Å²) in [6, 6.07) is 21.8. The van der Waals surface area contributed by atoms with E-state index >= 15 is 0 Å². The van der Waals surface area contributed by atoms with Gasteiger partial charge in [0.05, 0.1) is 22.0 Å². The summed E-state index contributed by atoms with van der Waals surface area (Å²) in [7, 11) is -3.66. The minimum Gasteiger partial charge on any atom is -0.342 e. The fraction of sp³-hybridized carbons (Fsp3) is 0.231. The molecule has 1 unspecified atom stereocenters. The van der Waals surface area contributed by atoms with Crippen molar-refractivity contribution in [1.82, 2.24) is 20.0 Å². The minimum atomic E-state index is -3.66. The van der Waals surface area contributed by atoms with E-state index in [0.29, 0.717) is 23.4 Å². The first-order valence-electron chi connectivity index (χ1n) is 11.3. The Kier molecular flexibility index (Phi) is 5.93. The van der Waals surface area contributed by atoms with Crippen LogP contribution in [0.3, 0.4) is 0 Å². The summed E-state index contributed by atoms with van der Waals surface area (Å²) >= 11 is 0. The Morgan fingerprint density at radius 1 is 1.06 bits per heavy atom. The number of benzene rings is 3. The highest BCUT2D eigenvalue weighted by atomic mass is 32.2. The van der Waals surface area contributed by atoms with E-state index in [2.05, 4.69) is 15.0 Å². The van der Waals surface area contributed by atoms with Crippen molar-refractivity contribution in [3.8, 4) is 0 Å². The third-order valence-electron chi connectivity index (χ3n) is 5.99. The lowest BCUT2D eigenvalue weighted by Gasteiger charge is -2.18. The largest absolute Gasteiger partial charge is 0.342 e. The summed E-state index contributed by atoms with van der Waals surface area (Å²) in [5.41, 5.74) is 3.79. The predicted octanol–water partition coefficient (Wildman–Crippen LogP) is 4.03. The molecule has 1 amide bonds. The van der Waals surface area contributed by atoms with Gasteiger partial charge in [0, 0.05) is 11.6 Å². The van der Waals surface area contributed by atoms with Gasteiger partial charge in [-0.25, -0.2) is 18.1 Å². The van der Waals surface area contributed by atoms with Gasteiger partial charge in [-0.15, -0.1) is 0 Å². The molecular weight excluding hydrogens is 448 g/mol. The maximum absolute atomic E-state index is 13.4. The van der Waals surface area contributed by atoms with Crippen molar-refractivity contribution in [3.63, 3.8) is 0 Å². The number of carbonyl (C=O) groups excluding carboxylic acids is 1. The molecule has 0 spiro atoms. The molecule has 1 aliphatic rings. The number of hydrogen-bond donors (Lipinski definition) is 3. The van der Waals surface area contributed by atoms with Crippen LogP contribution in [0.25, 0.3) is 11.0 Å². The standard InChI is InChI=1S/C26H26N4O3S/c1-17-11-14-20(34(32,33)30-19-12-13-19)16-21(17)26(31)29-24(15-18-7-3-2-4-8-18)25-27-22-9-5-6-10-23(22)28-25/h2-11,14,16,19,24,30H,12-13,15H2,1H3,(H,27,28)(H,29,31). The van der Waals surface area contributed by atoms with Gasteiger partial charge in [-0.1, -0.05) is 48.5 Å². The normalized spacial score (nSPS) is 14.7. The smallest absolute Gasteiger partial charge is 0.252 e. The highest BCUT2D eigenvalue weighted by molar-refractivity contribution is 7.89. The van der Waals surface area contributed by atoms with E-state index in [0.717, 1.165) is 29.4 Å². The average molecular weight is 475 g/mol. The molecule has 34 heavy (non-hydrogen) atoms. The molecule has 5 rings (SSSR count). The molecule has 1 heterocycles. The number of sulfonamides is 1. The van der Waals surface area contributed by atoms with Gasteiger partial charge < -0.3 is 10.3 Å². The van der Waals surface area contributed by atoms with Gasteiger partial charge in [0.2, 0.25) is 10.0 Å². The molecule has 1 aliphatic carbocycles. The van der Waals surface area contributed by atoms with Crippen molar-refractivity contribution in [2.24, 2.45) is 0 Å². The lowest BCUT2D eigenvalue weighted by molar-refractivity contribution is 0.0934. The first-order chi connectivity index (χ1) is 16.4. The summed E-state index contributed by atoms with van der Waals surface area (Å²) in [6.45, 7) is 1.80. The number of fused-ring (bicyclic) bond motifs is 1. The van der Waals surface area contributed by atoms with Crippen molar-refractivity contribution in [1.29, 1.82) is 0 Å². The van der Waals surface area contributed by atoms with E-state index in [1.54, 1.807) is 13.0 Å². The molecule has 1 saturated carbocycles. The summed E-state index contributed by atoms with van der Waals surface area (Å²) in [4.78, 5) is 21.5. The lowest BCUT2D eigenvalue weighted by atomic mass is 10.0. The molecule has 7 nitrogen and oxygen atoms in total. The zero-order valence-corrected chi connectivity index (χ0v) is 19.6. The number of para-hydroxylation sites is 2. The molecule has 1 aromatic heterocycles. The van der Waals surface area contributed by atoms with E-state index < -0.39 is 16.1 Å². The van der Waals surface area contributed by atoms with Gasteiger partial charge in [0.15, 0.2) is 0 Å². The molecule has 0 radical (unpaired) electrons. The Hall–Kier alpha value is -3.49. The molecule has 8 heteroatoms. The van der Waals surface area contributed by atoms with Crippen LogP contribution in [0, 0.1) is 6.92 Å². The average Bonchev–Trinajstić information content (AvgIpc) is 3.52. The number of aryl methyl sites for hydroxylation is 1. The van der Waals surface area contributed by atoms with Crippen LogP contribution in [0.4, 0.5) is 0 Å². The Bertz CT molecular complexity index is 1410. The van der Waals surface area contributed by atoms with Gasteiger partial charge in [-0.3, -0.25) is 4.79 Å². The summed E-state index contributed by atoms with van der Waals surface area (Å²) in [5.74, 6) is 0.303. The number of amides is 1. The molecule has 4 aromatic rings. The molecule has 1 atom stereocenters. The second kappa shape index (κ2) is 9.04. The van der Waals surface area contributed by atoms with Crippen molar-refractivity contribution in [2.75, 3.05) is 0 Å². The number of imidazole rings is 1. The summed E-state index contributed by atoms with van der Waals surface area (Å²) in [5, 5.41) is 3.08. The summed E-state index contributed by atoms with van der Waals surface area (Å²) < 4.78 is 28.1. The molecular formula is C26H26N4O3S. The zero-order chi connectivity index (χ0) is 23.7. The number of rotatable bonds is 8. The van der Waals surface area contributed by atoms with Crippen molar-refractivity contribution >= 4 is 27.0 Å². The van der Waals surface area contributed by atoms with E-state index in [-0.39, 0.29) is 16.8 Å². The predicted molar refractivity (Wildman–Crippen MR) is 131 cm³/mol. The molecule has 3 aromatic carbocycles. The summed E-state index contributed by atoms with van der Waals surface area (Å²) in [6.07, 6.45) is 2.22. The molecule has 174 valence electrons. The fourth-order valence-corrected chi connectivity index (χ4v) is 5.27. The van der Waals surface area contributed by atoms with E-state index in [1.807, 2.05) is 54.6 Å². The van der Waals surface area contributed by atoms with Gasteiger partial charge in [0.1, 0.15) is 5.82 Å². The van der Waals surface area contributed by atoms with Crippen LogP contribution in [0.15, 0.2) is 77.7 Å². The Morgan fingerprint density at radius 3 is 2.53 bits per heavy atom. The number of carbonyl (C=O) groups is 1. The topological polar surface area (TPSA) is 104 Å². The number of nitrogens with zero attached hydrogens (tertiary/aromatic N) is 1. The fourth-order valence-electron chi connectivity index (χ4n) is 3.94. The van der Waals surface area contributed by atoms with Crippen LogP contribution < -0.4 is 10.0 Å². The minimum absolute atomic E-state index is 0.00748. The molecule has 0 bridgehead atoms. The Balaban J connectivity index is 1.46. The van der Waals surface area contributed by atoms with Gasteiger partial charge >= 0.3 is 0 Å². The maximum Gasteiger partial charge on any atom is 0.252 e. The van der Waals surface area contributed by atoms with Gasteiger partial charge in [-0.2, -0.15) is 0 Å². The number of hydrogen-bond acceptors (Lipinski definition) is 4. The van der Waals surface area contributed by atoms with Crippen LogP contribution in [0.5, 0.6) is 0 Å².